The van der Waals surface area contributed by atoms with Gasteiger partial charge in [-0.05, 0) is 69.9 Å². The van der Waals surface area contributed by atoms with Crippen LogP contribution in [-0.4, -0.2) is 54.1 Å². The molecule has 1 aliphatic rings. The van der Waals surface area contributed by atoms with Crippen LogP contribution in [0.5, 0.6) is 0 Å². The fourth-order valence-electron chi connectivity index (χ4n) is 3.24. The Labute approximate surface area is 213 Å². The third kappa shape index (κ3) is 6.03. The molecule has 0 saturated heterocycles. The maximum atomic E-state index is 14.0. The van der Waals surface area contributed by atoms with Gasteiger partial charge in [-0.3, -0.25) is 5.01 Å². The fourth-order valence-corrected chi connectivity index (χ4v) is 3.41. The molecule has 0 atom stereocenters. The van der Waals surface area contributed by atoms with Crippen molar-refractivity contribution in [1.29, 1.82) is 0 Å². The van der Waals surface area contributed by atoms with Gasteiger partial charge in [-0.1, -0.05) is 23.7 Å². The molecule has 0 unspecified atom stereocenters. The summed E-state index contributed by atoms with van der Waals surface area (Å²) in [5.41, 5.74) is 0.119. The van der Waals surface area contributed by atoms with Gasteiger partial charge in [-0.15, -0.1) is 0 Å². The Bertz CT molecular complexity index is 1170. The maximum absolute atomic E-state index is 14.0. The van der Waals surface area contributed by atoms with Crippen LogP contribution in [0.2, 0.25) is 5.02 Å². The van der Waals surface area contributed by atoms with E-state index in [-0.39, 0.29) is 19.0 Å². The van der Waals surface area contributed by atoms with Crippen LogP contribution in [0.3, 0.4) is 0 Å². The lowest BCUT2D eigenvalue weighted by Gasteiger charge is -2.37. The summed E-state index contributed by atoms with van der Waals surface area (Å²) in [6, 6.07) is 9.48. The normalized spacial score (nSPS) is 14.9. The molecule has 0 bridgehead atoms. The molecule has 0 saturated carbocycles. The molecule has 193 valence electrons. The molecular formula is C24H27BClF3N3O4. The number of carbonyl (C=O) groups excluding carboxylic acids is 1. The van der Waals surface area contributed by atoms with E-state index in [1.54, 1.807) is 58.0 Å². The van der Waals surface area contributed by atoms with Crippen molar-refractivity contribution in [3.8, 4) is 11.3 Å². The van der Waals surface area contributed by atoms with Gasteiger partial charge in [0.25, 0.3) is 0 Å². The van der Waals surface area contributed by atoms with E-state index in [2.05, 4.69) is 10.4 Å². The Balaban J connectivity index is 2.01. The largest absolute Gasteiger partial charge is 0.463 e. The van der Waals surface area contributed by atoms with E-state index in [9.17, 15) is 23.1 Å². The molecule has 1 aromatic heterocycles. The summed E-state index contributed by atoms with van der Waals surface area (Å²) >= 11 is 6.21. The summed E-state index contributed by atoms with van der Waals surface area (Å²) in [4.78, 5) is 16.6. The second-order valence-electron chi connectivity index (χ2n) is 9.13. The topological polar surface area (TPSA) is 83.9 Å². The highest BCUT2D eigenvalue weighted by molar-refractivity contribution is 6.49. The summed E-state index contributed by atoms with van der Waals surface area (Å²) in [5.74, 6) is -1.13. The SMILES string of the molecule is CCOC(=O)C1=C(C(F)(F)F)N(c2cccc(-c3cc(Cl)ccc3[B]OC(C)(C)C(C)(C)O)n2)NC1. The second kappa shape index (κ2) is 10.4. The summed E-state index contributed by atoms with van der Waals surface area (Å²) in [7, 11) is 1.45. The first-order chi connectivity index (χ1) is 16.7. The molecule has 3 rings (SSSR count). The Kier molecular flexibility index (Phi) is 8.09. The Morgan fingerprint density at radius 2 is 1.92 bits per heavy atom. The molecule has 2 heterocycles. The van der Waals surface area contributed by atoms with Crippen molar-refractivity contribution in [2.75, 3.05) is 18.2 Å². The van der Waals surface area contributed by atoms with Gasteiger partial charge in [0.15, 0.2) is 5.70 Å². The first-order valence-electron chi connectivity index (χ1n) is 11.2. The lowest BCUT2D eigenvalue weighted by atomic mass is 9.79. The van der Waals surface area contributed by atoms with Crippen LogP contribution in [0, 0.1) is 0 Å². The number of nitrogens with one attached hydrogen (secondary N) is 1. The predicted molar refractivity (Wildman–Crippen MR) is 132 cm³/mol. The van der Waals surface area contributed by atoms with E-state index in [1.165, 1.54) is 20.5 Å². The van der Waals surface area contributed by atoms with Crippen LogP contribution in [0.1, 0.15) is 34.6 Å². The number of halogens is 4. The number of hydrogen-bond donors (Lipinski definition) is 2. The number of aliphatic hydroxyl groups is 1. The average Bonchev–Trinajstić information content (AvgIpc) is 3.24. The number of pyridine rings is 1. The summed E-state index contributed by atoms with van der Waals surface area (Å²) in [5, 5.41) is 11.5. The Morgan fingerprint density at radius 1 is 1.22 bits per heavy atom. The smallest absolute Gasteiger partial charge is 0.433 e. The van der Waals surface area contributed by atoms with Gasteiger partial charge in [-0.2, -0.15) is 13.2 Å². The van der Waals surface area contributed by atoms with Crippen LogP contribution in [0.4, 0.5) is 19.0 Å². The molecule has 7 nitrogen and oxygen atoms in total. The number of carbonyl (C=O) groups is 1. The molecule has 2 N–H and O–H groups in total. The first kappa shape index (κ1) is 28.0. The molecule has 1 aliphatic heterocycles. The molecule has 1 radical (unpaired) electrons. The van der Waals surface area contributed by atoms with Crippen molar-refractivity contribution >= 4 is 36.3 Å². The third-order valence-electron chi connectivity index (χ3n) is 5.92. The number of ether oxygens (including phenoxy) is 1. The quantitative estimate of drug-likeness (QED) is 0.400. The van der Waals surface area contributed by atoms with E-state index < -0.39 is 34.6 Å². The van der Waals surface area contributed by atoms with Crippen molar-refractivity contribution in [3.05, 3.63) is 52.7 Å². The number of anilines is 1. The summed E-state index contributed by atoms with van der Waals surface area (Å²) < 4.78 is 52.5. The van der Waals surface area contributed by atoms with Gasteiger partial charge in [-0.25, -0.2) is 15.2 Å². The average molecular weight is 525 g/mol. The van der Waals surface area contributed by atoms with Crippen LogP contribution in [-0.2, 0) is 14.2 Å². The molecule has 12 heteroatoms. The molecule has 2 aromatic rings. The van der Waals surface area contributed by atoms with Crippen molar-refractivity contribution < 1.29 is 32.5 Å². The van der Waals surface area contributed by atoms with E-state index in [1.807, 2.05) is 0 Å². The molecule has 0 amide bonds. The molecule has 0 spiro atoms. The lowest BCUT2D eigenvalue weighted by Crippen LogP contribution is -2.49. The minimum atomic E-state index is -4.84. The number of alkyl halides is 3. The number of esters is 1. The van der Waals surface area contributed by atoms with Gasteiger partial charge >= 0.3 is 19.6 Å². The zero-order chi connectivity index (χ0) is 26.9. The van der Waals surface area contributed by atoms with Crippen LogP contribution in [0.15, 0.2) is 47.7 Å². The number of hydrazine groups is 1. The van der Waals surface area contributed by atoms with Crippen LogP contribution in [0.25, 0.3) is 11.3 Å². The van der Waals surface area contributed by atoms with E-state index in [0.29, 0.717) is 21.7 Å². The highest BCUT2D eigenvalue weighted by Gasteiger charge is 2.46. The van der Waals surface area contributed by atoms with Gasteiger partial charge in [0.05, 0.1) is 29.1 Å². The molecule has 0 fully saturated rings. The lowest BCUT2D eigenvalue weighted by molar-refractivity contribution is -0.139. The van der Waals surface area contributed by atoms with Gasteiger partial charge in [0.2, 0.25) is 0 Å². The maximum Gasteiger partial charge on any atom is 0.433 e. The van der Waals surface area contributed by atoms with Crippen molar-refractivity contribution in [1.82, 2.24) is 10.4 Å². The first-order valence-corrected chi connectivity index (χ1v) is 11.5. The number of nitrogens with zero attached hydrogens (tertiary/aromatic N) is 2. The van der Waals surface area contributed by atoms with Crippen LogP contribution < -0.4 is 15.9 Å². The van der Waals surface area contributed by atoms with Gasteiger partial charge in [0, 0.05) is 11.6 Å². The molecule has 36 heavy (non-hydrogen) atoms. The Morgan fingerprint density at radius 3 is 2.53 bits per heavy atom. The fraction of sp³-hybridized carbons (Fsp3) is 0.417. The summed E-state index contributed by atoms with van der Waals surface area (Å²) in [6.45, 7) is 7.79. The number of benzene rings is 1. The number of rotatable bonds is 8. The summed E-state index contributed by atoms with van der Waals surface area (Å²) in [6.07, 6.45) is -4.84. The third-order valence-corrected chi connectivity index (χ3v) is 6.16. The van der Waals surface area contributed by atoms with Crippen molar-refractivity contribution in [2.45, 2.75) is 52.0 Å². The Hall–Kier alpha value is -2.60. The predicted octanol–water partition coefficient (Wildman–Crippen LogP) is 3.92. The van der Waals surface area contributed by atoms with Crippen molar-refractivity contribution in [3.63, 3.8) is 0 Å². The van der Waals surface area contributed by atoms with E-state index in [0.717, 1.165) is 5.01 Å². The molecule has 1 aromatic carbocycles. The number of allylic oxidation sites excluding steroid dienone is 1. The zero-order valence-electron chi connectivity index (χ0n) is 20.5. The highest BCUT2D eigenvalue weighted by atomic mass is 35.5. The minimum absolute atomic E-state index is 0.0540. The van der Waals surface area contributed by atoms with Gasteiger partial charge in [0.1, 0.15) is 5.82 Å². The van der Waals surface area contributed by atoms with E-state index in [4.69, 9.17) is 21.0 Å². The second-order valence-corrected chi connectivity index (χ2v) is 9.57. The standard InChI is InChI=1S/C24H27BClF3N3O4/c1-6-35-21(33)16-13-30-32(20(16)24(27,28)29)19-9-7-8-18(31-19)15-12-14(26)10-11-17(15)25-36-23(4,5)22(2,3)34/h7-12,30,34H,6,13H2,1-5H3. The minimum Gasteiger partial charge on any atom is -0.463 e. The monoisotopic (exact) mass is 524 g/mol. The van der Waals surface area contributed by atoms with Gasteiger partial charge < -0.3 is 14.5 Å². The number of aromatic nitrogens is 1. The van der Waals surface area contributed by atoms with E-state index >= 15 is 0 Å². The zero-order valence-corrected chi connectivity index (χ0v) is 21.3. The highest BCUT2D eigenvalue weighted by Crippen LogP contribution is 2.36. The van der Waals surface area contributed by atoms with Crippen LogP contribution >= 0.6 is 11.6 Å². The molecular weight excluding hydrogens is 498 g/mol. The number of hydrogen-bond acceptors (Lipinski definition) is 7. The van der Waals surface area contributed by atoms with Crippen molar-refractivity contribution in [2.24, 2.45) is 0 Å². The molecule has 0 aliphatic carbocycles.